The molecule has 0 radical (unpaired) electrons. The number of halogens is 2. The van der Waals surface area contributed by atoms with Gasteiger partial charge in [-0.3, -0.25) is 0 Å². The molecule has 2 aromatic rings. The van der Waals surface area contributed by atoms with Crippen LogP contribution in [0, 0.1) is 11.6 Å². The Kier molecular flexibility index (Phi) is 3.69. The molecule has 0 saturated carbocycles. The summed E-state index contributed by atoms with van der Waals surface area (Å²) in [6.07, 6.45) is 1.75. The molecular weight excluding hydrogens is 264 g/mol. The largest absolute Gasteiger partial charge is 0.396 e. The van der Waals surface area contributed by atoms with Crippen LogP contribution in [0.2, 0.25) is 0 Å². The van der Waals surface area contributed by atoms with Gasteiger partial charge in [0.15, 0.2) is 5.82 Å². The normalized spacial score (nSPS) is 11.8. The van der Waals surface area contributed by atoms with Gasteiger partial charge in [0, 0.05) is 6.07 Å². The minimum absolute atomic E-state index is 0.0954. The first-order chi connectivity index (χ1) is 9.36. The van der Waals surface area contributed by atoms with Crippen LogP contribution in [0.15, 0.2) is 12.1 Å². The van der Waals surface area contributed by atoms with Crippen LogP contribution in [0.1, 0.15) is 33.6 Å². The van der Waals surface area contributed by atoms with Crippen molar-refractivity contribution >= 4 is 5.69 Å². The van der Waals surface area contributed by atoms with Gasteiger partial charge in [-0.15, -0.1) is 5.10 Å². The SMILES string of the molecule is CCCC(C)(C)n1nnnc1-c1cc(N)c(F)cc1F. The molecule has 2 rings (SSSR count). The van der Waals surface area contributed by atoms with E-state index in [0.29, 0.717) is 0 Å². The highest BCUT2D eigenvalue weighted by Gasteiger charge is 2.26. The molecule has 1 aromatic carbocycles. The van der Waals surface area contributed by atoms with Crippen molar-refractivity contribution in [3.05, 3.63) is 23.8 Å². The zero-order chi connectivity index (χ0) is 14.9. The first kappa shape index (κ1) is 14.4. The van der Waals surface area contributed by atoms with Gasteiger partial charge in [-0.1, -0.05) is 13.3 Å². The maximum Gasteiger partial charge on any atom is 0.185 e. The summed E-state index contributed by atoms with van der Waals surface area (Å²) in [5, 5.41) is 11.4. The molecule has 2 N–H and O–H groups in total. The van der Waals surface area contributed by atoms with E-state index < -0.39 is 11.6 Å². The van der Waals surface area contributed by atoms with Crippen molar-refractivity contribution < 1.29 is 8.78 Å². The Balaban J connectivity index is 2.56. The highest BCUT2D eigenvalue weighted by molar-refractivity contribution is 5.62. The molecule has 7 heteroatoms. The van der Waals surface area contributed by atoms with E-state index in [1.807, 2.05) is 20.8 Å². The van der Waals surface area contributed by atoms with E-state index in [2.05, 4.69) is 15.5 Å². The summed E-state index contributed by atoms with van der Waals surface area (Å²) in [6.45, 7) is 5.96. The average molecular weight is 281 g/mol. The predicted octanol–water partition coefficient (Wildman–Crippen LogP) is 2.74. The minimum atomic E-state index is -0.793. The Morgan fingerprint density at radius 2 is 1.95 bits per heavy atom. The molecule has 0 fully saturated rings. The molecule has 0 atom stereocenters. The quantitative estimate of drug-likeness (QED) is 0.875. The second-order valence-corrected chi connectivity index (χ2v) is 5.33. The standard InChI is InChI=1S/C13H17F2N5/c1-4-5-13(2,3)20-12(17-18-19-20)8-6-11(16)10(15)7-9(8)14/h6-7H,4-5,16H2,1-3H3. The third-order valence-electron chi connectivity index (χ3n) is 3.23. The highest BCUT2D eigenvalue weighted by atomic mass is 19.1. The fourth-order valence-corrected chi connectivity index (χ4v) is 2.22. The number of rotatable bonds is 4. The van der Waals surface area contributed by atoms with Gasteiger partial charge >= 0.3 is 0 Å². The van der Waals surface area contributed by atoms with Crippen LogP contribution in [0.4, 0.5) is 14.5 Å². The van der Waals surface area contributed by atoms with Gasteiger partial charge in [0.25, 0.3) is 0 Å². The van der Waals surface area contributed by atoms with Crippen molar-refractivity contribution in [1.29, 1.82) is 0 Å². The molecular formula is C13H17F2N5. The summed E-state index contributed by atoms with van der Waals surface area (Å²) in [4.78, 5) is 0. The van der Waals surface area contributed by atoms with E-state index in [1.54, 1.807) is 4.68 Å². The lowest BCUT2D eigenvalue weighted by Gasteiger charge is -2.25. The van der Waals surface area contributed by atoms with E-state index in [1.165, 1.54) is 6.07 Å². The smallest absolute Gasteiger partial charge is 0.185 e. The molecule has 0 aliphatic carbocycles. The number of aromatic nitrogens is 4. The maximum absolute atomic E-state index is 13.9. The van der Waals surface area contributed by atoms with Crippen molar-refractivity contribution in [1.82, 2.24) is 20.2 Å². The zero-order valence-electron chi connectivity index (χ0n) is 11.7. The van der Waals surface area contributed by atoms with Crippen molar-refractivity contribution in [3.63, 3.8) is 0 Å². The van der Waals surface area contributed by atoms with Gasteiger partial charge in [0.2, 0.25) is 0 Å². The summed E-state index contributed by atoms with van der Waals surface area (Å²) in [5.74, 6) is -1.29. The molecule has 5 nitrogen and oxygen atoms in total. The minimum Gasteiger partial charge on any atom is -0.396 e. The summed E-state index contributed by atoms with van der Waals surface area (Å²) >= 11 is 0. The zero-order valence-corrected chi connectivity index (χ0v) is 11.7. The number of anilines is 1. The van der Waals surface area contributed by atoms with Gasteiger partial charge < -0.3 is 5.73 Å². The molecule has 0 spiro atoms. The highest BCUT2D eigenvalue weighted by Crippen LogP contribution is 2.29. The van der Waals surface area contributed by atoms with Gasteiger partial charge in [-0.25, -0.2) is 13.5 Å². The fourth-order valence-electron chi connectivity index (χ4n) is 2.22. The number of nitrogen functional groups attached to an aromatic ring is 1. The maximum atomic E-state index is 13.9. The lowest BCUT2D eigenvalue weighted by atomic mass is 9.98. The molecule has 0 aliphatic heterocycles. The molecule has 0 saturated heterocycles. The third kappa shape index (κ3) is 2.48. The third-order valence-corrected chi connectivity index (χ3v) is 3.23. The number of nitrogens with two attached hydrogens (primary N) is 1. The molecule has 1 heterocycles. The number of hydrogen-bond donors (Lipinski definition) is 1. The second kappa shape index (κ2) is 5.15. The number of nitrogens with zero attached hydrogens (tertiary/aromatic N) is 4. The van der Waals surface area contributed by atoms with E-state index in [9.17, 15) is 8.78 Å². The Bertz CT molecular complexity index is 621. The van der Waals surface area contributed by atoms with Gasteiger partial charge in [0.05, 0.1) is 16.8 Å². The Hall–Kier alpha value is -2.05. The molecule has 20 heavy (non-hydrogen) atoms. The van der Waals surface area contributed by atoms with Crippen molar-refractivity contribution in [2.45, 2.75) is 39.2 Å². The Morgan fingerprint density at radius 3 is 2.60 bits per heavy atom. The molecule has 0 bridgehead atoms. The first-order valence-electron chi connectivity index (χ1n) is 6.40. The van der Waals surface area contributed by atoms with Crippen LogP contribution in [0.25, 0.3) is 11.4 Å². The van der Waals surface area contributed by atoms with Crippen LogP contribution in [-0.2, 0) is 5.54 Å². The summed E-state index contributed by atoms with van der Waals surface area (Å²) in [6, 6.07) is 1.96. The van der Waals surface area contributed by atoms with E-state index in [4.69, 9.17) is 5.73 Å². The molecule has 0 unspecified atom stereocenters. The number of benzene rings is 1. The molecule has 108 valence electrons. The topological polar surface area (TPSA) is 69.6 Å². The van der Waals surface area contributed by atoms with Gasteiger partial charge in [-0.05, 0) is 36.8 Å². The van der Waals surface area contributed by atoms with Crippen molar-refractivity contribution in [2.24, 2.45) is 0 Å². The van der Waals surface area contributed by atoms with E-state index >= 15 is 0 Å². The van der Waals surface area contributed by atoms with Crippen LogP contribution >= 0.6 is 0 Å². The summed E-state index contributed by atoms with van der Waals surface area (Å²) < 4.78 is 28.7. The van der Waals surface area contributed by atoms with Crippen molar-refractivity contribution in [2.75, 3.05) is 5.73 Å². The molecule has 1 aromatic heterocycles. The predicted molar refractivity (Wildman–Crippen MR) is 71.8 cm³/mol. The lowest BCUT2D eigenvalue weighted by molar-refractivity contribution is 0.289. The molecule has 0 aliphatic rings. The monoisotopic (exact) mass is 281 g/mol. The second-order valence-electron chi connectivity index (χ2n) is 5.33. The number of hydrogen-bond acceptors (Lipinski definition) is 4. The summed E-state index contributed by atoms with van der Waals surface area (Å²) in [7, 11) is 0. The average Bonchev–Trinajstić information content (AvgIpc) is 2.83. The summed E-state index contributed by atoms with van der Waals surface area (Å²) in [5.41, 5.74) is 5.08. The van der Waals surface area contributed by atoms with Gasteiger partial charge in [-0.2, -0.15) is 0 Å². The van der Waals surface area contributed by atoms with Crippen LogP contribution in [0.3, 0.4) is 0 Å². The van der Waals surface area contributed by atoms with E-state index in [0.717, 1.165) is 18.9 Å². The van der Waals surface area contributed by atoms with E-state index in [-0.39, 0.29) is 22.6 Å². The Labute approximate surface area is 115 Å². The van der Waals surface area contributed by atoms with Crippen molar-refractivity contribution in [3.8, 4) is 11.4 Å². The lowest BCUT2D eigenvalue weighted by Crippen LogP contribution is -2.28. The Morgan fingerprint density at radius 1 is 1.25 bits per heavy atom. The van der Waals surface area contributed by atoms with Crippen LogP contribution < -0.4 is 5.73 Å². The molecule has 0 amide bonds. The van der Waals surface area contributed by atoms with Crippen LogP contribution in [0.5, 0.6) is 0 Å². The number of tetrazole rings is 1. The van der Waals surface area contributed by atoms with Gasteiger partial charge in [0.1, 0.15) is 11.6 Å². The fraction of sp³-hybridized carbons (Fsp3) is 0.462. The van der Waals surface area contributed by atoms with Crippen LogP contribution in [-0.4, -0.2) is 20.2 Å². The first-order valence-corrected chi connectivity index (χ1v) is 6.40.